The predicted octanol–water partition coefficient (Wildman–Crippen LogP) is 6.35. The standard InChI is InChI=1S/C36H33N9/c1-23-38-31-10-6-7-11-33(31)45(23)29-18-19-37-28(22-29)20-24-12-14-26(15-13-24)35-34(25-8-4-3-5-9-25)40-32-21-27(16-17-30(32)39-35)36-41-43-44(2)42-36/h3-17,21,28-29,37H,18-20,22H2,1-2H3. The normalized spacial score (nSPS) is 16.8. The van der Waals surface area contributed by atoms with Gasteiger partial charge in [-0.25, -0.2) is 15.0 Å². The van der Waals surface area contributed by atoms with Gasteiger partial charge in [0.05, 0.1) is 40.5 Å². The van der Waals surface area contributed by atoms with Crippen LogP contribution in [-0.2, 0) is 13.5 Å². The van der Waals surface area contributed by atoms with E-state index in [0.29, 0.717) is 17.9 Å². The summed E-state index contributed by atoms with van der Waals surface area (Å²) in [5, 5.41) is 16.3. The molecule has 2 unspecified atom stereocenters. The van der Waals surface area contributed by atoms with E-state index in [1.807, 2.05) is 36.4 Å². The summed E-state index contributed by atoms with van der Waals surface area (Å²) in [6.07, 6.45) is 3.15. The molecule has 4 aromatic carbocycles. The molecular formula is C36H33N9. The highest BCUT2D eigenvalue weighted by Gasteiger charge is 2.25. The molecule has 0 spiro atoms. The Bertz CT molecular complexity index is 2130. The first-order chi connectivity index (χ1) is 22.1. The number of benzene rings is 4. The number of nitrogens with one attached hydrogen (secondary N) is 1. The van der Waals surface area contributed by atoms with Crippen molar-refractivity contribution in [2.24, 2.45) is 7.05 Å². The fourth-order valence-corrected chi connectivity index (χ4v) is 6.67. The van der Waals surface area contributed by atoms with Gasteiger partial charge < -0.3 is 9.88 Å². The molecule has 8 rings (SSSR count). The third kappa shape index (κ3) is 5.25. The topological polar surface area (TPSA) is 99.2 Å². The molecule has 0 radical (unpaired) electrons. The third-order valence-corrected chi connectivity index (χ3v) is 8.79. The number of aromatic nitrogens is 8. The van der Waals surface area contributed by atoms with Crippen LogP contribution in [0.4, 0.5) is 0 Å². The van der Waals surface area contributed by atoms with Crippen LogP contribution < -0.4 is 5.32 Å². The lowest BCUT2D eigenvalue weighted by Gasteiger charge is -2.32. The van der Waals surface area contributed by atoms with E-state index in [2.05, 4.69) is 92.9 Å². The number of para-hydroxylation sites is 2. The molecule has 7 aromatic rings. The number of hydrogen-bond acceptors (Lipinski definition) is 7. The van der Waals surface area contributed by atoms with Crippen molar-refractivity contribution in [1.29, 1.82) is 0 Å². The summed E-state index contributed by atoms with van der Waals surface area (Å²) in [4.78, 5) is 16.5. The largest absolute Gasteiger partial charge is 0.325 e. The van der Waals surface area contributed by atoms with Crippen LogP contribution in [0, 0.1) is 6.92 Å². The molecule has 1 aliphatic rings. The van der Waals surface area contributed by atoms with Crippen LogP contribution in [0.2, 0.25) is 0 Å². The van der Waals surface area contributed by atoms with Gasteiger partial charge in [-0.1, -0.05) is 66.7 Å². The lowest BCUT2D eigenvalue weighted by Crippen LogP contribution is -2.40. The van der Waals surface area contributed by atoms with Gasteiger partial charge >= 0.3 is 0 Å². The van der Waals surface area contributed by atoms with Crippen molar-refractivity contribution in [1.82, 2.24) is 45.0 Å². The first-order valence-corrected chi connectivity index (χ1v) is 15.5. The molecule has 2 atom stereocenters. The highest BCUT2D eigenvalue weighted by atomic mass is 15.6. The van der Waals surface area contributed by atoms with Gasteiger partial charge in [0.25, 0.3) is 0 Å². The van der Waals surface area contributed by atoms with E-state index in [-0.39, 0.29) is 0 Å². The van der Waals surface area contributed by atoms with Crippen LogP contribution in [0.5, 0.6) is 0 Å². The summed E-state index contributed by atoms with van der Waals surface area (Å²) in [6, 6.07) is 34.3. The van der Waals surface area contributed by atoms with Crippen LogP contribution in [-0.4, -0.2) is 52.3 Å². The fraction of sp³-hybridized carbons (Fsp3) is 0.222. The third-order valence-electron chi connectivity index (χ3n) is 8.79. The van der Waals surface area contributed by atoms with E-state index in [1.165, 1.54) is 15.9 Å². The molecule has 222 valence electrons. The molecule has 9 heteroatoms. The monoisotopic (exact) mass is 591 g/mol. The highest BCUT2D eigenvalue weighted by Crippen LogP contribution is 2.33. The zero-order chi connectivity index (χ0) is 30.3. The van der Waals surface area contributed by atoms with Crippen molar-refractivity contribution in [2.75, 3.05) is 6.54 Å². The van der Waals surface area contributed by atoms with Crippen molar-refractivity contribution in [2.45, 2.75) is 38.3 Å². The van der Waals surface area contributed by atoms with E-state index >= 15 is 0 Å². The Morgan fingerprint density at radius 1 is 0.756 bits per heavy atom. The average Bonchev–Trinajstić information content (AvgIpc) is 3.67. The van der Waals surface area contributed by atoms with E-state index in [0.717, 1.165) is 76.3 Å². The summed E-state index contributed by atoms with van der Waals surface area (Å²) in [5.41, 5.74) is 9.86. The number of tetrazole rings is 1. The van der Waals surface area contributed by atoms with E-state index in [4.69, 9.17) is 15.0 Å². The van der Waals surface area contributed by atoms with Crippen molar-refractivity contribution in [3.05, 3.63) is 108 Å². The Morgan fingerprint density at radius 3 is 2.29 bits per heavy atom. The summed E-state index contributed by atoms with van der Waals surface area (Å²) < 4.78 is 2.45. The number of fused-ring (bicyclic) bond motifs is 2. The van der Waals surface area contributed by atoms with Crippen molar-refractivity contribution >= 4 is 22.1 Å². The first kappa shape index (κ1) is 27.3. The molecule has 3 aromatic heterocycles. The van der Waals surface area contributed by atoms with Crippen LogP contribution in [0.15, 0.2) is 97.1 Å². The molecule has 1 N–H and O–H groups in total. The van der Waals surface area contributed by atoms with Gasteiger partial charge in [0, 0.05) is 28.8 Å². The van der Waals surface area contributed by atoms with Gasteiger partial charge in [-0.2, -0.15) is 4.80 Å². The number of nitrogens with zero attached hydrogens (tertiary/aromatic N) is 8. The van der Waals surface area contributed by atoms with Crippen LogP contribution in [0.3, 0.4) is 0 Å². The van der Waals surface area contributed by atoms with Gasteiger partial charge in [0.1, 0.15) is 5.82 Å². The Hall–Kier alpha value is -5.28. The van der Waals surface area contributed by atoms with Crippen molar-refractivity contribution in [3.8, 4) is 33.9 Å². The fourth-order valence-electron chi connectivity index (χ4n) is 6.67. The summed E-state index contributed by atoms with van der Waals surface area (Å²) in [6.45, 7) is 3.13. The van der Waals surface area contributed by atoms with E-state index < -0.39 is 0 Å². The Labute approximate surface area is 261 Å². The maximum absolute atomic E-state index is 5.13. The molecule has 4 heterocycles. The van der Waals surface area contributed by atoms with Gasteiger partial charge in [0.15, 0.2) is 0 Å². The predicted molar refractivity (Wildman–Crippen MR) is 176 cm³/mol. The second-order valence-corrected chi connectivity index (χ2v) is 11.8. The van der Waals surface area contributed by atoms with Gasteiger partial charge in [-0.15, -0.1) is 10.2 Å². The number of imidazole rings is 1. The molecule has 0 saturated carbocycles. The summed E-state index contributed by atoms with van der Waals surface area (Å²) in [7, 11) is 1.76. The SMILES string of the molecule is Cc1nc2ccccc2n1C1CCNC(Cc2ccc(-c3nc4ccc(-c5nnn(C)n5)cc4nc3-c3ccccc3)cc2)C1. The molecule has 9 nitrogen and oxygen atoms in total. The lowest BCUT2D eigenvalue weighted by molar-refractivity contribution is 0.300. The van der Waals surface area contributed by atoms with Gasteiger partial charge in [-0.3, -0.25) is 0 Å². The molecule has 0 amide bonds. The van der Waals surface area contributed by atoms with Crippen molar-refractivity contribution in [3.63, 3.8) is 0 Å². The summed E-state index contributed by atoms with van der Waals surface area (Å²) >= 11 is 0. The second kappa shape index (κ2) is 11.3. The molecule has 1 fully saturated rings. The van der Waals surface area contributed by atoms with Gasteiger partial charge in [-0.05, 0) is 73.8 Å². The number of rotatable bonds is 6. The van der Waals surface area contributed by atoms with Crippen LogP contribution in [0.25, 0.3) is 56.0 Å². The van der Waals surface area contributed by atoms with Gasteiger partial charge in [0.2, 0.25) is 5.82 Å². The number of hydrogen-bond donors (Lipinski definition) is 1. The van der Waals surface area contributed by atoms with Crippen molar-refractivity contribution < 1.29 is 0 Å². The molecule has 0 bridgehead atoms. The maximum Gasteiger partial charge on any atom is 0.204 e. The van der Waals surface area contributed by atoms with Crippen LogP contribution >= 0.6 is 0 Å². The maximum atomic E-state index is 5.13. The quantitative estimate of drug-likeness (QED) is 0.241. The highest BCUT2D eigenvalue weighted by molar-refractivity contribution is 5.88. The minimum atomic E-state index is 0.397. The zero-order valence-corrected chi connectivity index (χ0v) is 25.3. The number of aryl methyl sites for hydroxylation is 2. The lowest BCUT2D eigenvalue weighted by atomic mass is 9.93. The molecule has 45 heavy (non-hydrogen) atoms. The smallest absolute Gasteiger partial charge is 0.204 e. The zero-order valence-electron chi connectivity index (χ0n) is 25.3. The minimum Gasteiger partial charge on any atom is -0.325 e. The Morgan fingerprint density at radius 2 is 1.49 bits per heavy atom. The van der Waals surface area contributed by atoms with E-state index in [1.54, 1.807) is 7.05 Å². The minimum absolute atomic E-state index is 0.397. The van der Waals surface area contributed by atoms with Crippen LogP contribution in [0.1, 0.15) is 30.3 Å². The number of piperidine rings is 1. The Balaban J connectivity index is 1.08. The Kier molecular flexibility index (Phi) is 6.87. The second-order valence-electron chi connectivity index (χ2n) is 11.8. The molecular weight excluding hydrogens is 558 g/mol. The average molecular weight is 592 g/mol. The first-order valence-electron chi connectivity index (χ1n) is 15.5. The molecule has 1 saturated heterocycles. The molecule has 0 aliphatic carbocycles. The molecule has 1 aliphatic heterocycles. The van der Waals surface area contributed by atoms with E-state index in [9.17, 15) is 0 Å². The summed E-state index contributed by atoms with van der Waals surface area (Å²) in [5.74, 6) is 1.66.